The first-order valence-electron chi connectivity index (χ1n) is 6.25. The van der Waals surface area contributed by atoms with Crippen LogP contribution in [0.2, 0.25) is 0 Å². The Hall–Kier alpha value is -2.02. The van der Waals surface area contributed by atoms with E-state index in [0.29, 0.717) is 13.1 Å². The van der Waals surface area contributed by atoms with Crippen LogP contribution >= 0.6 is 11.8 Å². The number of carbonyl (C=O) groups is 3. The molecule has 2 fully saturated rings. The van der Waals surface area contributed by atoms with Gasteiger partial charge >= 0.3 is 6.03 Å². The van der Waals surface area contributed by atoms with E-state index in [2.05, 4.69) is 5.32 Å². The summed E-state index contributed by atoms with van der Waals surface area (Å²) in [5, 5.41) is 2.57. The van der Waals surface area contributed by atoms with Gasteiger partial charge in [0.15, 0.2) is 0 Å². The van der Waals surface area contributed by atoms with Crippen molar-refractivity contribution in [3.8, 4) is 0 Å². The summed E-state index contributed by atoms with van der Waals surface area (Å²) in [6.45, 7) is 0.799. The molecule has 2 aliphatic heterocycles. The first kappa shape index (κ1) is 13.0. The van der Waals surface area contributed by atoms with Crippen LogP contribution in [0, 0.1) is 0 Å². The molecule has 0 aromatic heterocycles. The van der Waals surface area contributed by atoms with Gasteiger partial charge in [-0.1, -0.05) is 30.0 Å². The van der Waals surface area contributed by atoms with E-state index in [1.54, 1.807) is 17.0 Å². The Morgan fingerprint density at radius 2 is 1.90 bits per heavy atom. The van der Waals surface area contributed by atoms with E-state index >= 15 is 0 Å². The summed E-state index contributed by atoms with van der Waals surface area (Å²) < 4.78 is 0. The fourth-order valence-electron chi connectivity index (χ4n) is 2.23. The van der Waals surface area contributed by atoms with Crippen molar-refractivity contribution in [3.05, 3.63) is 30.3 Å². The molecule has 0 saturated carbocycles. The average Bonchev–Trinajstić information content (AvgIpc) is 2.70. The van der Waals surface area contributed by atoms with Gasteiger partial charge in [-0.2, -0.15) is 0 Å². The van der Waals surface area contributed by atoms with Gasteiger partial charge in [0.25, 0.3) is 5.24 Å². The molecule has 2 aliphatic rings. The highest BCUT2D eigenvalue weighted by molar-refractivity contribution is 8.14. The van der Waals surface area contributed by atoms with Crippen LogP contribution in [-0.2, 0) is 4.79 Å². The number of urea groups is 1. The largest absolute Gasteiger partial charge is 0.321 e. The number of amides is 4. The number of nitrogens with zero attached hydrogens (tertiary/aromatic N) is 2. The monoisotopic (exact) mass is 291 g/mol. The maximum Gasteiger partial charge on any atom is 0.321 e. The molecule has 1 aromatic carbocycles. The van der Waals surface area contributed by atoms with Gasteiger partial charge in [-0.15, -0.1) is 0 Å². The number of likely N-dealkylation sites (tertiary alicyclic amines) is 1. The molecule has 0 spiro atoms. The van der Waals surface area contributed by atoms with Gasteiger partial charge in [-0.25, -0.2) is 4.79 Å². The van der Waals surface area contributed by atoms with Crippen molar-refractivity contribution in [1.29, 1.82) is 0 Å². The van der Waals surface area contributed by atoms with Crippen LogP contribution in [0.5, 0.6) is 0 Å². The van der Waals surface area contributed by atoms with Crippen LogP contribution in [0.15, 0.2) is 30.3 Å². The maximum absolute atomic E-state index is 11.9. The summed E-state index contributed by atoms with van der Waals surface area (Å²) in [6, 6.07) is 8.78. The van der Waals surface area contributed by atoms with Gasteiger partial charge in [-0.3, -0.25) is 14.5 Å². The predicted molar refractivity (Wildman–Crippen MR) is 75.5 cm³/mol. The van der Waals surface area contributed by atoms with E-state index in [0.717, 1.165) is 17.4 Å². The molecule has 4 amide bonds. The maximum atomic E-state index is 11.9. The lowest BCUT2D eigenvalue weighted by Gasteiger charge is -2.42. The summed E-state index contributed by atoms with van der Waals surface area (Å²) in [6.07, 6.45) is 0. The predicted octanol–water partition coefficient (Wildman–Crippen LogP) is 1.60. The molecular weight excluding hydrogens is 278 g/mol. The molecule has 0 radical (unpaired) electrons. The third-order valence-corrected chi connectivity index (χ3v) is 4.16. The molecule has 0 atom stereocenters. The van der Waals surface area contributed by atoms with Crippen LogP contribution in [0.4, 0.5) is 15.3 Å². The third-order valence-electron chi connectivity index (χ3n) is 3.32. The fourth-order valence-corrected chi connectivity index (χ4v) is 3.00. The normalized spacial score (nSPS) is 19.2. The number of nitrogens with one attached hydrogen (secondary N) is 1. The second kappa shape index (κ2) is 5.16. The Morgan fingerprint density at radius 1 is 1.20 bits per heavy atom. The Morgan fingerprint density at radius 3 is 2.50 bits per heavy atom. The van der Waals surface area contributed by atoms with Crippen LogP contribution in [0.25, 0.3) is 0 Å². The first-order chi connectivity index (χ1) is 9.65. The van der Waals surface area contributed by atoms with Crippen LogP contribution in [0.1, 0.15) is 0 Å². The van der Waals surface area contributed by atoms with Gasteiger partial charge in [0.2, 0.25) is 5.91 Å². The minimum Gasteiger partial charge on any atom is -0.320 e. The zero-order valence-corrected chi connectivity index (χ0v) is 11.4. The molecule has 2 saturated heterocycles. The number of anilines is 1. The standard InChI is InChI=1S/C13H13N3O3S/c17-11-8-20-13(19)16(11)10-6-15(7-10)12(18)14-9-4-2-1-3-5-9/h1-5,10H,6-8H2,(H,14,18). The Bertz CT molecular complexity index is 541. The van der Waals surface area contributed by atoms with Crippen molar-refractivity contribution in [3.63, 3.8) is 0 Å². The lowest BCUT2D eigenvalue weighted by molar-refractivity contribution is -0.128. The van der Waals surface area contributed by atoms with E-state index in [4.69, 9.17) is 0 Å². The molecule has 6 nitrogen and oxygen atoms in total. The van der Waals surface area contributed by atoms with E-state index < -0.39 is 0 Å². The number of thioether (sulfide) groups is 1. The molecule has 0 aliphatic carbocycles. The number of para-hydroxylation sites is 1. The third kappa shape index (κ3) is 2.36. The number of imide groups is 1. The summed E-state index contributed by atoms with van der Waals surface area (Å²) >= 11 is 1.02. The van der Waals surface area contributed by atoms with Gasteiger partial charge in [-0.05, 0) is 12.1 Å². The summed E-state index contributed by atoms with van der Waals surface area (Å²) in [4.78, 5) is 37.9. The van der Waals surface area contributed by atoms with Crippen molar-refractivity contribution in [2.45, 2.75) is 6.04 Å². The SMILES string of the molecule is O=C(Nc1ccccc1)N1CC(N2C(=O)CSC2=O)C1. The molecule has 0 unspecified atom stereocenters. The molecule has 104 valence electrons. The van der Waals surface area contributed by atoms with Crippen molar-refractivity contribution in [2.75, 3.05) is 24.2 Å². The smallest absolute Gasteiger partial charge is 0.320 e. The highest BCUT2D eigenvalue weighted by Gasteiger charge is 2.43. The lowest BCUT2D eigenvalue weighted by Crippen LogP contribution is -2.62. The molecule has 20 heavy (non-hydrogen) atoms. The van der Waals surface area contributed by atoms with E-state index in [1.165, 1.54) is 4.90 Å². The fraction of sp³-hybridized carbons (Fsp3) is 0.308. The van der Waals surface area contributed by atoms with Crippen molar-refractivity contribution in [1.82, 2.24) is 9.80 Å². The minimum atomic E-state index is -0.209. The highest BCUT2D eigenvalue weighted by atomic mass is 32.2. The second-order valence-corrected chi connectivity index (χ2v) is 5.60. The van der Waals surface area contributed by atoms with Crippen molar-refractivity contribution < 1.29 is 14.4 Å². The highest BCUT2D eigenvalue weighted by Crippen LogP contribution is 2.26. The number of hydrogen-bond donors (Lipinski definition) is 1. The zero-order valence-electron chi connectivity index (χ0n) is 10.6. The average molecular weight is 291 g/mol. The Kier molecular flexibility index (Phi) is 3.35. The van der Waals surface area contributed by atoms with E-state index in [9.17, 15) is 14.4 Å². The van der Waals surface area contributed by atoms with Crippen LogP contribution in [-0.4, -0.2) is 51.9 Å². The molecular formula is C13H13N3O3S. The van der Waals surface area contributed by atoms with Crippen LogP contribution in [0.3, 0.4) is 0 Å². The van der Waals surface area contributed by atoms with Crippen LogP contribution < -0.4 is 5.32 Å². The van der Waals surface area contributed by atoms with Gasteiger partial charge < -0.3 is 10.2 Å². The molecule has 1 N–H and O–H groups in total. The van der Waals surface area contributed by atoms with Crippen molar-refractivity contribution in [2.24, 2.45) is 0 Å². The molecule has 3 rings (SSSR count). The molecule has 7 heteroatoms. The Balaban J connectivity index is 1.54. The first-order valence-corrected chi connectivity index (χ1v) is 7.23. The summed E-state index contributed by atoms with van der Waals surface area (Å²) in [5.41, 5.74) is 0.727. The second-order valence-electron chi connectivity index (χ2n) is 4.67. The molecule has 2 heterocycles. The summed E-state index contributed by atoms with van der Waals surface area (Å²) in [7, 11) is 0. The van der Waals surface area contributed by atoms with Gasteiger partial charge in [0.05, 0.1) is 11.8 Å². The number of hydrogen-bond acceptors (Lipinski definition) is 4. The van der Waals surface area contributed by atoms with E-state index in [1.807, 2.05) is 18.2 Å². The van der Waals surface area contributed by atoms with Crippen molar-refractivity contribution >= 4 is 34.6 Å². The summed E-state index contributed by atoms with van der Waals surface area (Å²) in [5.74, 6) is 0.0547. The number of benzene rings is 1. The topological polar surface area (TPSA) is 69.7 Å². The quantitative estimate of drug-likeness (QED) is 0.898. The lowest BCUT2D eigenvalue weighted by atomic mass is 10.1. The number of rotatable bonds is 2. The Labute approximate surface area is 120 Å². The number of carbonyl (C=O) groups excluding carboxylic acids is 3. The van der Waals surface area contributed by atoms with Gasteiger partial charge in [0.1, 0.15) is 0 Å². The van der Waals surface area contributed by atoms with E-state index in [-0.39, 0.29) is 29.0 Å². The zero-order chi connectivity index (χ0) is 14.1. The minimum absolute atomic E-state index is 0.159. The van der Waals surface area contributed by atoms with Gasteiger partial charge in [0, 0.05) is 18.8 Å². The molecule has 1 aromatic rings. The molecule has 0 bridgehead atoms.